The highest BCUT2D eigenvalue weighted by molar-refractivity contribution is 7.92. The Hall–Kier alpha value is -1.76. The van der Waals surface area contributed by atoms with Crippen molar-refractivity contribution in [3.05, 3.63) is 51.5 Å². The second-order valence-corrected chi connectivity index (χ2v) is 9.09. The molecular weight excluding hydrogens is 395 g/mol. The van der Waals surface area contributed by atoms with E-state index in [-0.39, 0.29) is 27.4 Å². The molecule has 1 atom stereocenters. The van der Waals surface area contributed by atoms with Gasteiger partial charge in [-0.15, -0.1) is 0 Å². The van der Waals surface area contributed by atoms with Crippen molar-refractivity contribution in [2.24, 2.45) is 0 Å². The number of nitrogens with zero attached hydrogens (tertiary/aromatic N) is 1. The number of anilines is 2. The summed E-state index contributed by atoms with van der Waals surface area (Å²) < 4.78 is 28.3. The molecule has 0 spiro atoms. The van der Waals surface area contributed by atoms with E-state index in [9.17, 15) is 13.2 Å². The fraction of sp³-hybridized carbons (Fsp3) is 0.278. The lowest BCUT2D eigenvalue weighted by atomic mass is 9.97. The van der Waals surface area contributed by atoms with Gasteiger partial charge in [0.15, 0.2) is 0 Å². The Morgan fingerprint density at radius 3 is 2.69 bits per heavy atom. The topological polar surface area (TPSA) is 66.5 Å². The highest BCUT2D eigenvalue weighted by Crippen LogP contribution is 2.44. The van der Waals surface area contributed by atoms with Gasteiger partial charge in [-0.3, -0.25) is 9.52 Å². The molecule has 26 heavy (non-hydrogen) atoms. The van der Waals surface area contributed by atoms with E-state index in [0.717, 1.165) is 29.7 Å². The SMILES string of the molecule is CC1C(=O)N2CCCc3cc(S(=O)(=O)Nc4ccc(Cl)cc4Cl)cc1c32. The van der Waals surface area contributed by atoms with E-state index in [4.69, 9.17) is 23.2 Å². The summed E-state index contributed by atoms with van der Waals surface area (Å²) in [6.07, 6.45) is 1.58. The quantitative estimate of drug-likeness (QED) is 0.824. The highest BCUT2D eigenvalue weighted by atomic mass is 35.5. The molecule has 1 unspecified atom stereocenters. The summed E-state index contributed by atoms with van der Waals surface area (Å²) in [7, 11) is -3.84. The van der Waals surface area contributed by atoms with Crippen LogP contribution in [0.4, 0.5) is 11.4 Å². The first kappa shape index (κ1) is 17.6. The predicted molar refractivity (Wildman–Crippen MR) is 103 cm³/mol. The number of hydrogen-bond donors (Lipinski definition) is 1. The fourth-order valence-electron chi connectivity index (χ4n) is 3.60. The molecule has 4 rings (SSSR count). The van der Waals surface area contributed by atoms with Crippen LogP contribution >= 0.6 is 23.2 Å². The van der Waals surface area contributed by atoms with Crippen LogP contribution in [-0.4, -0.2) is 20.9 Å². The molecule has 0 aliphatic carbocycles. The molecule has 5 nitrogen and oxygen atoms in total. The molecule has 2 aliphatic heterocycles. The van der Waals surface area contributed by atoms with Gasteiger partial charge in [0.1, 0.15) is 0 Å². The van der Waals surface area contributed by atoms with Crippen molar-refractivity contribution >= 4 is 50.5 Å². The van der Waals surface area contributed by atoms with Crippen LogP contribution in [-0.2, 0) is 21.2 Å². The first-order valence-corrected chi connectivity index (χ1v) is 10.5. The molecule has 0 saturated carbocycles. The lowest BCUT2D eigenvalue weighted by Gasteiger charge is -2.26. The van der Waals surface area contributed by atoms with Gasteiger partial charge in [0.05, 0.1) is 27.2 Å². The van der Waals surface area contributed by atoms with Gasteiger partial charge < -0.3 is 4.90 Å². The fourth-order valence-corrected chi connectivity index (χ4v) is 5.27. The van der Waals surface area contributed by atoms with Crippen molar-refractivity contribution in [1.82, 2.24) is 0 Å². The smallest absolute Gasteiger partial charge is 0.261 e. The first-order valence-electron chi connectivity index (χ1n) is 8.24. The van der Waals surface area contributed by atoms with E-state index >= 15 is 0 Å². The Labute approximate surface area is 162 Å². The predicted octanol–water partition coefficient (Wildman–Crippen LogP) is 4.19. The molecule has 1 amide bonds. The Balaban J connectivity index is 1.78. The Kier molecular flexibility index (Phi) is 4.17. The number of rotatable bonds is 3. The number of nitrogens with one attached hydrogen (secondary N) is 1. The van der Waals surface area contributed by atoms with Crippen LogP contribution in [0, 0.1) is 0 Å². The van der Waals surface area contributed by atoms with E-state index in [0.29, 0.717) is 11.6 Å². The molecule has 0 saturated heterocycles. The minimum atomic E-state index is -3.84. The average Bonchev–Trinajstić information content (AvgIpc) is 2.84. The molecule has 136 valence electrons. The second-order valence-electron chi connectivity index (χ2n) is 6.57. The number of amides is 1. The molecule has 2 heterocycles. The normalized spacial score (nSPS) is 18.8. The second kappa shape index (κ2) is 6.15. The lowest BCUT2D eigenvalue weighted by Crippen LogP contribution is -2.32. The van der Waals surface area contributed by atoms with Crippen LogP contribution in [0.3, 0.4) is 0 Å². The number of carbonyl (C=O) groups is 1. The minimum Gasteiger partial charge on any atom is -0.311 e. The van der Waals surface area contributed by atoms with E-state index in [1.807, 2.05) is 6.92 Å². The van der Waals surface area contributed by atoms with Gasteiger partial charge in [-0.2, -0.15) is 0 Å². The average molecular weight is 411 g/mol. The summed E-state index contributed by atoms with van der Waals surface area (Å²) in [5.41, 5.74) is 2.82. The third-order valence-corrected chi connectivity index (χ3v) is 6.77. The van der Waals surface area contributed by atoms with Gasteiger partial charge in [-0.05, 0) is 61.2 Å². The van der Waals surface area contributed by atoms with E-state index in [1.165, 1.54) is 12.1 Å². The standard InChI is InChI=1S/C18H16Cl2N2O3S/c1-10-14-9-13(7-11-3-2-6-22(17(11)14)18(10)23)26(24,25)21-16-5-4-12(19)8-15(16)20/h4-5,7-10,21H,2-3,6H2,1H3. The van der Waals surface area contributed by atoms with Crippen LogP contribution in [0.25, 0.3) is 0 Å². The van der Waals surface area contributed by atoms with Gasteiger partial charge in [0, 0.05) is 11.6 Å². The molecule has 2 aliphatic rings. The molecule has 0 fully saturated rings. The molecule has 8 heteroatoms. The largest absolute Gasteiger partial charge is 0.311 e. The van der Waals surface area contributed by atoms with Gasteiger partial charge in [0.2, 0.25) is 5.91 Å². The summed E-state index contributed by atoms with van der Waals surface area (Å²) >= 11 is 11.9. The van der Waals surface area contributed by atoms with Gasteiger partial charge in [0.25, 0.3) is 10.0 Å². The van der Waals surface area contributed by atoms with Gasteiger partial charge >= 0.3 is 0 Å². The minimum absolute atomic E-state index is 0.0317. The monoisotopic (exact) mass is 410 g/mol. The summed E-state index contributed by atoms with van der Waals surface area (Å²) in [5.74, 6) is -0.305. The number of benzene rings is 2. The number of hydrogen-bond acceptors (Lipinski definition) is 3. The molecular formula is C18H16Cl2N2O3S. The van der Waals surface area contributed by atoms with Crippen LogP contribution in [0.5, 0.6) is 0 Å². The van der Waals surface area contributed by atoms with Crippen molar-refractivity contribution in [3.63, 3.8) is 0 Å². The van der Waals surface area contributed by atoms with Crippen LogP contribution in [0.15, 0.2) is 35.2 Å². The zero-order valence-corrected chi connectivity index (χ0v) is 16.2. The number of carbonyl (C=O) groups excluding carboxylic acids is 1. The van der Waals surface area contributed by atoms with Crippen LogP contribution in [0.1, 0.15) is 30.4 Å². The summed E-state index contributed by atoms with van der Waals surface area (Å²) in [6, 6.07) is 7.82. The van der Waals surface area contributed by atoms with E-state index < -0.39 is 10.0 Å². The zero-order valence-electron chi connectivity index (χ0n) is 13.9. The maximum absolute atomic E-state index is 12.9. The molecule has 0 radical (unpaired) electrons. The Bertz CT molecular complexity index is 1040. The molecule has 0 bridgehead atoms. The van der Waals surface area contributed by atoms with E-state index in [2.05, 4.69) is 4.72 Å². The van der Waals surface area contributed by atoms with Crippen molar-refractivity contribution in [3.8, 4) is 0 Å². The molecule has 1 N–H and O–H groups in total. The summed E-state index contributed by atoms with van der Waals surface area (Å²) in [6.45, 7) is 2.50. The van der Waals surface area contributed by atoms with Crippen LogP contribution in [0.2, 0.25) is 10.0 Å². The lowest BCUT2D eigenvalue weighted by molar-refractivity contribution is -0.119. The van der Waals surface area contributed by atoms with Gasteiger partial charge in [-0.1, -0.05) is 23.2 Å². The maximum Gasteiger partial charge on any atom is 0.261 e. The van der Waals surface area contributed by atoms with E-state index in [1.54, 1.807) is 23.1 Å². The number of aryl methyl sites for hydroxylation is 1. The molecule has 2 aromatic carbocycles. The van der Waals surface area contributed by atoms with Gasteiger partial charge in [-0.25, -0.2) is 8.42 Å². The summed E-state index contributed by atoms with van der Waals surface area (Å²) in [5, 5.41) is 0.644. The highest BCUT2D eigenvalue weighted by Gasteiger charge is 2.38. The third kappa shape index (κ3) is 2.76. The van der Waals surface area contributed by atoms with Crippen molar-refractivity contribution in [1.29, 1.82) is 0 Å². The molecule has 2 aromatic rings. The van der Waals surface area contributed by atoms with Crippen molar-refractivity contribution < 1.29 is 13.2 Å². The molecule has 0 aromatic heterocycles. The maximum atomic E-state index is 12.9. The summed E-state index contributed by atoms with van der Waals surface area (Å²) in [4.78, 5) is 14.4. The van der Waals surface area contributed by atoms with Crippen molar-refractivity contribution in [2.45, 2.75) is 30.6 Å². The number of halogens is 2. The third-order valence-electron chi connectivity index (χ3n) is 4.88. The Morgan fingerprint density at radius 1 is 1.19 bits per heavy atom. The first-order chi connectivity index (χ1) is 12.3. The zero-order chi connectivity index (χ0) is 18.6. The van der Waals surface area contributed by atoms with Crippen molar-refractivity contribution in [2.75, 3.05) is 16.2 Å². The Morgan fingerprint density at radius 2 is 1.96 bits per heavy atom. The van der Waals surface area contributed by atoms with Crippen LogP contribution < -0.4 is 9.62 Å². The number of sulfonamides is 1.